The zero-order valence-electron chi connectivity index (χ0n) is 22.5. The van der Waals surface area contributed by atoms with Crippen LogP contribution in [0.3, 0.4) is 0 Å². The molecule has 1 aromatic carbocycles. The molecule has 2 atom stereocenters. The lowest BCUT2D eigenvalue weighted by Crippen LogP contribution is -2.35. The Bertz CT molecular complexity index is 1750. The predicted molar refractivity (Wildman–Crippen MR) is 146 cm³/mol. The molecule has 9 nitrogen and oxygen atoms in total. The number of hydrogen-bond donors (Lipinski definition) is 2. The highest BCUT2D eigenvalue weighted by Gasteiger charge is 2.59. The van der Waals surface area contributed by atoms with Crippen molar-refractivity contribution in [2.75, 3.05) is 11.4 Å². The molecule has 1 amide bonds. The Morgan fingerprint density at radius 1 is 1.12 bits per heavy atom. The topological polar surface area (TPSA) is 116 Å². The van der Waals surface area contributed by atoms with Crippen molar-refractivity contribution in [3.8, 4) is 11.3 Å². The van der Waals surface area contributed by atoms with Crippen LogP contribution < -0.4 is 16.1 Å². The number of nitrogens with zero attached hydrogens (tertiary/aromatic N) is 4. The number of carbonyl (C=O) groups excluding carboxylic acids is 1. The fourth-order valence-electron chi connectivity index (χ4n) is 5.88. The molecule has 4 heterocycles. The summed E-state index contributed by atoms with van der Waals surface area (Å²) in [4.78, 5) is 47.8. The van der Waals surface area contributed by atoms with Crippen molar-refractivity contribution < 1.29 is 13.6 Å². The molecule has 0 saturated heterocycles. The Kier molecular flexibility index (Phi) is 6.01. The second kappa shape index (κ2) is 9.21. The number of H-pyrrole nitrogens is 2. The second-order valence-corrected chi connectivity index (χ2v) is 10.8. The van der Waals surface area contributed by atoms with Gasteiger partial charge in [0, 0.05) is 42.8 Å². The molecule has 3 aliphatic rings. The van der Waals surface area contributed by atoms with Crippen LogP contribution in [0.25, 0.3) is 16.9 Å². The third kappa shape index (κ3) is 4.24. The molecule has 1 spiro atoms. The van der Waals surface area contributed by atoms with Crippen LogP contribution in [0.15, 0.2) is 52.4 Å². The van der Waals surface area contributed by atoms with E-state index in [0.29, 0.717) is 11.3 Å². The van der Waals surface area contributed by atoms with Crippen molar-refractivity contribution in [1.82, 2.24) is 24.6 Å². The van der Waals surface area contributed by atoms with Crippen molar-refractivity contribution >= 4 is 17.2 Å². The Labute approximate surface area is 228 Å². The molecule has 0 unspecified atom stereocenters. The summed E-state index contributed by atoms with van der Waals surface area (Å²) in [5, 5.41) is 4.50. The minimum atomic E-state index is -2.85. The Balaban J connectivity index is 0.00000142. The minimum Gasteiger partial charge on any atom is -0.313 e. The number of amides is 1. The first kappa shape index (κ1) is 26.1. The molecule has 40 heavy (non-hydrogen) atoms. The molecule has 1 aliphatic heterocycles. The van der Waals surface area contributed by atoms with E-state index in [2.05, 4.69) is 20.1 Å². The van der Waals surface area contributed by atoms with Gasteiger partial charge in [0.15, 0.2) is 5.65 Å². The number of aromatic amines is 2. The Morgan fingerprint density at radius 3 is 2.60 bits per heavy atom. The van der Waals surface area contributed by atoms with Gasteiger partial charge < -0.3 is 9.88 Å². The van der Waals surface area contributed by atoms with Crippen molar-refractivity contribution in [1.29, 1.82) is 0 Å². The van der Waals surface area contributed by atoms with Crippen molar-refractivity contribution in [3.63, 3.8) is 0 Å². The van der Waals surface area contributed by atoms with Crippen LogP contribution in [0, 0.1) is 0 Å². The lowest BCUT2D eigenvalue weighted by Gasteiger charge is -2.20. The third-order valence-electron chi connectivity index (χ3n) is 8.11. The van der Waals surface area contributed by atoms with E-state index in [0.717, 1.165) is 48.6 Å². The number of nitrogens with one attached hydrogen (secondary N) is 2. The number of anilines is 1. The standard InChI is InChI=1S/C27H24F2N6O3.C2H6/c1-26(28,29)6-8-34-21-10-14(2-3-19(21)27(4-5-27)24(34)37)15-11-16(15)17-12-20(33-35-9-7-30-22(17)35)18-13-31-25(38)32-23(18)36;1-2/h2-3,7,9-10,12-13,15-16H,4-6,8,11H2,1H3,(H2,31,32,36,38);1-2H3/t15-,16+;/m1./s1. The minimum absolute atomic E-state index is 0.00917. The van der Waals surface area contributed by atoms with Gasteiger partial charge in [0.1, 0.15) is 0 Å². The molecule has 0 radical (unpaired) electrons. The van der Waals surface area contributed by atoms with Gasteiger partial charge in [0.2, 0.25) is 11.8 Å². The van der Waals surface area contributed by atoms with Crippen LogP contribution in [-0.4, -0.2) is 42.9 Å². The zero-order chi connectivity index (χ0) is 28.4. The van der Waals surface area contributed by atoms with Gasteiger partial charge in [-0.15, -0.1) is 0 Å². The highest BCUT2D eigenvalue weighted by atomic mass is 19.3. The summed E-state index contributed by atoms with van der Waals surface area (Å²) in [5.41, 5.74) is 3.34. The van der Waals surface area contributed by atoms with Crippen LogP contribution >= 0.6 is 0 Å². The van der Waals surface area contributed by atoms with Crippen LogP contribution in [0.4, 0.5) is 14.5 Å². The van der Waals surface area contributed by atoms with Gasteiger partial charge in [-0.3, -0.25) is 14.6 Å². The summed E-state index contributed by atoms with van der Waals surface area (Å²) in [6, 6.07) is 7.88. The number of aromatic nitrogens is 5. The molecule has 7 rings (SSSR count). The second-order valence-electron chi connectivity index (χ2n) is 10.8. The maximum atomic E-state index is 13.7. The van der Waals surface area contributed by atoms with E-state index in [4.69, 9.17) is 0 Å². The molecule has 4 aromatic rings. The van der Waals surface area contributed by atoms with Gasteiger partial charge in [0.05, 0.1) is 16.7 Å². The van der Waals surface area contributed by atoms with E-state index >= 15 is 0 Å². The van der Waals surface area contributed by atoms with Crippen molar-refractivity contribution in [2.45, 2.75) is 69.6 Å². The molecule has 11 heteroatoms. The molecule has 0 bridgehead atoms. The van der Waals surface area contributed by atoms with E-state index in [-0.39, 0.29) is 36.3 Å². The number of halogens is 2. The number of alkyl halides is 2. The van der Waals surface area contributed by atoms with E-state index in [1.807, 2.05) is 38.1 Å². The summed E-state index contributed by atoms with van der Waals surface area (Å²) in [6.45, 7) is 4.87. The number of rotatable bonds is 6. The van der Waals surface area contributed by atoms with Gasteiger partial charge in [-0.1, -0.05) is 26.0 Å². The maximum Gasteiger partial charge on any atom is 0.325 e. The first-order valence-corrected chi connectivity index (χ1v) is 13.7. The predicted octanol–water partition coefficient (Wildman–Crippen LogP) is 4.49. The smallest absolute Gasteiger partial charge is 0.313 e. The zero-order valence-corrected chi connectivity index (χ0v) is 22.5. The largest absolute Gasteiger partial charge is 0.325 e. The molecular weight excluding hydrogens is 518 g/mol. The third-order valence-corrected chi connectivity index (χ3v) is 8.11. The highest BCUT2D eigenvalue weighted by molar-refractivity contribution is 6.10. The van der Waals surface area contributed by atoms with Crippen molar-refractivity contribution in [3.05, 3.63) is 80.4 Å². The SMILES string of the molecule is CC.CC(F)(F)CCN1C(=O)C2(CC2)c2ccc([C@H]3C[C@@H]3c3cc(-c4c[nH]c(=O)[nH]c4=O)nn4ccnc34)cc21. The van der Waals surface area contributed by atoms with Gasteiger partial charge >= 0.3 is 5.69 Å². The maximum absolute atomic E-state index is 13.7. The summed E-state index contributed by atoms with van der Waals surface area (Å²) in [7, 11) is 0. The van der Waals surface area contributed by atoms with E-state index in [9.17, 15) is 23.2 Å². The van der Waals surface area contributed by atoms with Crippen LogP contribution in [-0.2, 0) is 10.2 Å². The number of imidazole rings is 1. The molecule has 208 valence electrons. The average molecular weight is 549 g/mol. The summed E-state index contributed by atoms with van der Waals surface area (Å²) in [6.07, 6.45) is 6.65. The fraction of sp³-hybridized carbons (Fsp3) is 0.414. The summed E-state index contributed by atoms with van der Waals surface area (Å²) in [5.74, 6) is -2.67. The van der Waals surface area contributed by atoms with Gasteiger partial charge in [-0.05, 0) is 61.3 Å². The first-order valence-electron chi connectivity index (χ1n) is 13.7. The summed E-state index contributed by atoms with van der Waals surface area (Å²) < 4.78 is 28.9. The normalized spacial score (nSPS) is 20.4. The number of benzene rings is 1. The lowest BCUT2D eigenvalue weighted by molar-refractivity contribution is -0.120. The Morgan fingerprint density at radius 2 is 1.90 bits per heavy atom. The molecule has 3 aromatic heterocycles. The van der Waals surface area contributed by atoms with Crippen LogP contribution in [0.5, 0.6) is 0 Å². The first-order chi connectivity index (χ1) is 19.1. The average Bonchev–Trinajstić information content (AvgIpc) is 3.83. The fourth-order valence-corrected chi connectivity index (χ4v) is 5.88. The van der Waals surface area contributed by atoms with E-state index in [1.54, 1.807) is 21.8 Å². The molecular formula is C29H30F2N6O3. The quantitative estimate of drug-likeness (QED) is 0.368. The lowest BCUT2D eigenvalue weighted by atomic mass is 9.95. The number of carbonyl (C=O) groups is 1. The molecule has 2 aliphatic carbocycles. The molecule has 2 N–H and O–H groups in total. The van der Waals surface area contributed by atoms with Crippen molar-refractivity contribution in [2.24, 2.45) is 0 Å². The van der Waals surface area contributed by atoms with E-state index in [1.165, 1.54) is 6.20 Å². The van der Waals surface area contributed by atoms with Gasteiger partial charge in [-0.2, -0.15) is 5.10 Å². The van der Waals surface area contributed by atoms with Gasteiger partial charge in [-0.25, -0.2) is 23.1 Å². The van der Waals surface area contributed by atoms with Gasteiger partial charge in [0.25, 0.3) is 5.56 Å². The van der Waals surface area contributed by atoms with Crippen LogP contribution in [0.1, 0.15) is 75.0 Å². The molecule has 2 saturated carbocycles. The monoisotopic (exact) mass is 548 g/mol. The molecule has 2 fully saturated rings. The van der Waals surface area contributed by atoms with Crippen LogP contribution in [0.2, 0.25) is 0 Å². The highest BCUT2D eigenvalue weighted by Crippen LogP contribution is 2.60. The summed E-state index contributed by atoms with van der Waals surface area (Å²) >= 11 is 0. The number of hydrogen-bond acceptors (Lipinski definition) is 5. The Hall–Kier alpha value is -4.15. The van der Waals surface area contributed by atoms with E-state index < -0.39 is 22.6 Å². The number of fused-ring (bicyclic) bond motifs is 3.